The molecule has 0 bridgehead atoms. The van der Waals surface area contributed by atoms with Crippen LogP contribution in [0, 0.1) is 0 Å². The van der Waals surface area contributed by atoms with Gasteiger partial charge in [0, 0.05) is 37.3 Å². The molecule has 3 fully saturated rings. The molecule has 0 N–H and O–H groups in total. The number of carbonyl (C=O) groups excluding carboxylic acids is 4. The molecule has 39 heavy (non-hydrogen) atoms. The molecule has 2 saturated heterocycles. The lowest BCUT2D eigenvalue weighted by Gasteiger charge is -2.35. The fourth-order valence-corrected chi connectivity index (χ4v) is 6.05. The molecule has 2 aromatic rings. The van der Waals surface area contributed by atoms with Gasteiger partial charge in [-0.1, -0.05) is 30.3 Å². The Morgan fingerprint density at radius 2 is 1.62 bits per heavy atom. The van der Waals surface area contributed by atoms with E-state index in [4.69, 9.17) is 9.47 Å². The van der Waals surface area contributed by atoms with Gasteiger partial charge in [-0.3, -0.25) is 14.5 Å². The summed E-state index contributed by atoms with van der Waals surface area (Å²) in [6.07, 6.45) is 1.63. The van der Waals surface area contributed by atoms with Gasteiger partial charge in [0.2, 0.25) is 11.8 Å². The van der Waals surface area contributed by atoms with Gasteiger partial charge in [-0.15, -0.1) is 0 Å². The van der Waals surface area contributed by atoms with Gasteiger partial charge in [0.15, 0.2) is 5.60 Å². The van der Waals surface area contributed by atoms with E-state index in [0.717, 1.165) is 29.7 Å². The zero-order chi connectivity index (χ0) is 27.6. The number of rotatable bonds is 3. The monoisotopic (exact) mass is 531 g/mol. The topological polar surface area (TPSA) is 96.5 Å². The molecule has 9 heteroatoms. The van der Waals surface area contributed by atoms with Crippen LogP contribution >= 0.6 is 0 Å². The minimum Gasteiger partial charge on any atom is -0.449 e. The Kier molecular flexibility index (Phi) is 5.75. The second-order valence-corrected chi connectivity index (χ2v) is 12.0. The standard InChI is InChI=1S/C30H33N3O6/c1-28(2,3)39-27(37)31-16-17-33(24(34)18-31)21-10-8-20(9-11-21)29(12-13-29)26(36)32-15-14-30(19-32)23-7-5-4-6-22(23)25(35)38-30/h4-11H,12-19H2,1-3H3. The first-order valence-corrected chi connectivity index (χ1v) is 13.5. The number of nitrogens with zero attached hydrogens (tertiary/aromatic N) is 3. The first-order chi connectivity index (χ1) is 18.5. The molecule has 2 aromatic carbocycles. The highest BCUT2D eigenvalue weighted by Crippen LogP contribution is 2.52. The highest BCUT2D eigenvalue weighted by molar-refractivity contribution is 5.98. The summed E-state index contributed by atoms with van der Waals surface area (Å²) in [5.41, 5.74) is 1.18. The summed E-state index contributed by atoms with van der Waals surface area (Å²) in [5, 5.41) is 0. The van der Waals surface area contributed by atoms with E-state index in [9.17, 15) is 19.2 Å². The molecule has 3 aliphatic heterocycles. The Morgan fingerprint density at radius 1 is 0.897 bits per heavy atom. The van der Waals surface area contributed by atoms with Crippen LogP contribution in [-0.2, 0) is 30.1 Å². The fraction of sp³-hybridized carbons (Fsp3) is 0.467. The van der Waals surface area contributed by atoms with Crippen molar-refractivity contribution in [3.8, 4) is 0 Å². The smallest absolute Gasteiger partial charge is 0.410 e. The van der Waals surface area contributed by atoms with Crippen LogP contribution in [-0.4, -0.2) is 72.0 Å². The van der Waals surface area contributed by atoms with E-state index >= 15 is 0 Å². The molecule has 1 atom stereocenters. The van der Waals surface area contributed by atoms with E-state index in [1.165, 1.54) is 4.90 Å². The molecular weight excluding hydrogens is 498 g/mol. The molecule has 6 rings (SSSR count). The first kappa shape index (κ1) is 25.4. The van der Waals surface area contributed by atoms with E-state index in [-0.39, 0.29) is 24.3 Å². The second-order valence-electron chi connectivity index (χ2n) is 12.0. The molecule has 1 saturated carbocycles. The number of ether oxygens (including phenoxy) is 2. The third-order valence-electron chi connectivity index (χ3n) is 8.21. The number of fused-ring (bicyclic) bond motifs is 2. The number of likely N-dealkylation sites (tertiary alicyclic amines) is 1. The second kappa shape index (κ2) is 8.83. The van der Waals surface area contributed by atoms with E-state index in [2.05, 4.69) is 0 Å². The molecule has 3 heterocycles. The first-order valence-electron chi connectivity index (χ1n) is 13.5. The van der Waals surface area contributed by atoms with Gasteiger partial charge in [0.05, 0.1) is 17.5 Å². The van der Waals surface area contributed by atoms with Crippen LogP contribution in [0.5, 0.6) is 0 Å². The quantitative estimate of drug-likeness (QED) is 0.562. The predicted molar refractivity (Wildman–Crippen MR) is 142 cm³/mol. The van der Waals surface area contributed by atoms with Crippen LogP contribution < -0.4 is 4.90 Å². The average Bonchev–Trinajstić information content (AvgIpc) is 3.53. The average molecular weight is 532 g/mol. The Hall–Kier alpha value is -3.88. The molecular formula is C30H33N3O6. The molecule has 3 amide bonds. The number of esters is 1. The Bertz CT molecular complexity index is 1360. The maximum Gasteiger partial charge on any atom is 0.410 e. The van der Waals surface area contributed by atoms with E-state index in [0.29, 0.717) is 38.2 Å². The molecule has 0 aromatic heterocycles. The normalized spacial score (nSPS) is 23.6. The SMILES string of the molecule is CC(C)(C)OC(=O)N1CCN(c2ccc(C3(C(=O)N4CCC5(C4)OC(=O)c4ccccc45)CC3)cc2)C(=O)C1. The zero-order valence-electron chi connectivity index (χ0n) is 22.6. The zero-order valence-corrected chi connectivity index (χ0v) is 22.6. The number of carbonyl (C=O) groups is 4. The summed E-state index contributed by atoms with van der Waals surface area (Å²) in [6.45, 7) is 7.02. The van der Waals surface area contributed by atoms with Gasteiger partial charge in [0.1, 0.15) is 12.1 Å². The van der Waals surface area contributed by atoms with Crippen LogP contribution in [0.15, 0.2) is 48.5 Å². The van der Waals surface area contributed by atoms with Crippen molar-refractivity contribution in [2.24, 2.45) is 0 Å². The lowest BCUT2D eigenvalue weighted by Crippen LogP contribution is -2.53. The van der Waals surface area contributed by atoms with Gasteiger partial charge in [-0.25, -0.2) is 9.59 Å². The van der Waals surface area contributed by atoms with Gasteiger partial charge >= 0.3 is 12.1 Å². The van der Waals surface area contributed by atoms with E-state index in [1.807, 2.05) is 47.4 Å². The summed E-state index contributed by atoms with van der Waals surface area (Å²) in [7, 11) is 0. The number of anilines is 1. The van der Waals surface area contributed by atoms with E-state index in [1.54, 1.807) is 31.7 Å². The molecule has 1 spiro atoms. The number of piperazine rings is 1. The number of benzene rings is 2. The summed E-state index contributed by atoms with van der Waals surface area (Å²) in [5.74, 6) is -0.432. The molecule has 9 nitrogen and oxygen atoms in total. The number of hydrogen-bond acceptors (Lipinski definition) is 6. The third kappa shape index (κ3) is 4.33. The minimum atomic E-state index is -0.759. The van der Waals surface area contributed by atoms with Crippen molar-refractivity contribution in [2.75, 3.05) is 37.6 Å². The van der Waals surface area contributed by atoms with Crippen LogP contribution in [0.4, 0.5) is 10.5 Å². The van der Waals surface area contributed by atoms with Gasteiger partial charge < -0.3 is 19.3 Å². The maximum atomic E-state index is 13.8. The lowest BCUT2D eigenvalue weighted by molar-refractivity contribution is -0.134. The van der Waals surface area contributed by atoms with Crippen molar-refractivity contribution >= 4 is 29.6 Å². The highest BCUT2D eigenvalue weighted by Gasteiger charge is 2.57. The Balaban J connectivity index is 1.13. The van der Waals surface area contributed by atoms with Crippen molar-refractivity contribution in [2.45, 2.75) is 56.7 Å². The lowest BCUT2D eigenvalue weighted by atomic mass is 9.91. The number of amides is 3. The molecule has 204 valence electrons. The van der Waals surface area contributed by atoms with Crippen molar-refractivity contribution in [3.63, 3.8) is 0 Å². The van der Waals surface area contributed by atoms with E-state index < -0.39 is 22.7 Å². The van der Waals surface area contributed by atoms with Gasteiger partial charge in [0.25, 0.3) is 0 Å². The largest absolute Gasteiger partial charge is 0.449 e. The van der Waals surface area contributed by atoms with Crippen LogP contribution in [0.2, 0.25) is 0 Å². The molecule has 0 radical (unpaired) electrons. The fourth-order valence-electron chi connectivity index (χ4n) is 6.05. The summed E-state index contributed by atoms with van der Waals surface area (Å²) in [4.78, 5) is 56.4. The molecule has 1 unspecified atom stereocenters. The summed E-state index contributed by atoms with van der Waals surface area (Å²) in [6, 6.07) is 15.1. The van der Waals surface area contributed by atoms with Crippen molar-refractivity contribution in [1.82, 2.24) is 9.80 Å². The maximum absolute atomic E-state index is 13.8. The van der Waals surface area contributed by atoms with Gasteiger partial charge in [-0.2, -0.15) is 0 Å². The Morgan fingerprint density at radius 3 is 2.28 bits per heavy atom. The van der Waals surface area contributed by atoms with Crippen LogP contribution in [0.3, 0.4) is 0 Å². The van der Waals surface area contributed by atoms with Crippen molar-refractivity contribution < 1.29 is 28.7 Å². The summed E-state index contributed by atoms with van der Waals surface area (Å²) >= 11 is 0. The summed E-state index contributed by atoms with van der Waals surface area (Å²) < 4.78 is 11.2. The Labute approximate surface area is 227 Å². The minimum absolute atomic E-state index is 0.0382. The number of hydrogen-bond donors (Lipinski definition) is 0. The molecule has 4 aliphatic rings. The van der Waals surface area contributed by atoms with Crippen LogP contribution in [0.1, 0.15) is 61.5 Å². The van der Waals surface area contributed by atoms with Crippen LogP contribution in [0.25, 0.3) is 0 Å². The van der Waals surface area contributed by atoms with Crippen molar-refractivity contribution in [1.29, 1.82) is 0 Å². The highest BCUT2D eigenvalue weighted by atomic mass is 16.6. The van der Waals surface area contributed by atoms with Crippen molar-refractivity contribution in [3.05, 3.63) is 65.2 Å². The third-order valence-corrected chi connectivity index (χ3v) is 8.21. The van der Waals surface area contributed by atoms with Gasteiger partial charge in [-0.05, 0) is 57.4 Å². The predicted octanol–water partition coefficient (Wildman–Crippen LogP) is 3.60. The molecule has 1 aliphatic carbocycles.